The summed E-state index contributed by atoms with van der Waals surface area (Å²) < 4.78 is 10.5. The van der Waals surface area contributed by atoms with E-state index in [0.29, 0.717) is 19.4 Å². The number of amides is 1. The summed E-state index contributed by atoms with van der Waals surface area (Å²) in [5.41, 5.74) is 8.06. The van der Waals surface area contributed by atoms with Crippen molar-refractivity contribution < 1.29 is 13.9 Å². The number of nitrogens with zero attached hydrogens (tertiary/aromatic N) is 3. The first-order valence-corrected chi connectivity index (χ1v) is 10.5. The number of nitrogens with one attached hydrogen (secondary N) is 3. The lowest BCUT2D eigenvalue weighted by Crippen LogP contribution is -2.54. The third kappa shape index (κ3) is 3.96. The summed E-state index contributed by atoms with van der Waals surface area (Å²) in [6, 6.07) is 12.3. The Hall–Kier alpha value is -3.46. The number of furan rings is 1. The minimum Gasteiger partial charge on any atom is -0.497 e. The highest BCUT2D eigenvalue weighted by Crippen LogP contribution is 2.34. The minimum atomic E-state index is -0.0210. The number of hydrazone groups is 1. The largest absolute Gasteiger partial charge is 0.497 e. The molecule has 1 fully saturated rings. The van der Waals surface area contributed by atoms with Gasteiger partial charge in [0.05, 0.1) is 32.0 Å². The molecular formula is C22H26N6O3. The van der Waals surface area contributed by atoms with Crippen molar-refractivity contribution in [2.75, 3.05) is 7.11 Å². The van der Waals surface area contributed by atoms with E-state index in [4.69, 9.17) is 9.15 Å². The Morgan fingerprint density at radius 3 is 2.94 bits per heavy atom. The van der Waals surface area contributed by atoms with Crippen LogP contribution in [0.2, 0.25) is 0 Å². The van der Waals surface area contributed by atoms with Gasteiger partial charge in [-0.05, 0) is 36.2 Å². The average molecular weight is 422 g/mol. The number of hydrogen-bond donors (Lipinski definition) is 3. The summed E-state index contributed by atoms with van der Waals surface area (Å²) in [5, 5.41) is 9.54. The number of carbonyl (C=O) groups is 1. The SMILES string of the molecule is COc1ccc(C2CC3C4NN=C(CCC(=O)NCc5ccco5)N4C=CN3N2)cc1. The molecule has 162 valence electrons. The van der Waals surface area contributed by atoms with Crippen LogP contribution in [0.5, 0.6) is 5.75 Å². The summed E-state index contributed by atoms with van der Waals surface area (Å²) >= 11 is 0. The van der Waals surface area contributed by atoms with Crippen molar-refractivity contribution in [3.8, 4) is 5.75 Å². The summed E-state index contributed by atoms with van der Waals surface area (Å²) in [4.78, 5) is 14.3. The van der Waals surface area contributed by atoms with E-state index in [1.54, 1.807) is 13.4 Å². The summed E-state index contributed by atoms with van der Waals surface area (Å²) in [6.45, 7) is 0.401. The standard InChI is InChI=1S/C22H26N6O3/c1-30-16-6-4-15(5-7-16)18-13-19-22-25-24-20(27(22)10-11-28(19)26-18)8-9-21(29)23-14-17-3-2-12-31-17/h2-7,10-12,18-19,22,25-26H,8-9,13-14H2,1H3,(H,23,29). The summed E-state index contributed by atoms with van der Waals surface area (Å²) in [7, 11) is 1.68. The van der Waals surface area contributed by atoms with Crippen molar-refractivity contribution in [2.24, 2.45) is 5.10 Å². The summed E-state index contributed by atoms with van der Waals surface area (Å²) in [6.07, 6.45) is 7.59. The molecule has 5 rings (SSSR count). The fourth-order valence-corrected chi connectivity index (χ4v) is 4.28. The molecule has 0 spiro atoms. The van der Waals surface area contributed by atoms with E-state index in [9.17, 15) is 4.79 Å². The Kier molecular flexibility index (Phi) is 5.25. The molecule has 0 saturated carbocycles. The zero-order valence-electron chi connectivity index (χ0n) is 17.3. The average Bonchev–Trinajstić information content (AvgIpc) is 3.55. The van der Waals surface area contributed by atoms with Crippen LogP contribution < -0.4 is 20.9 Å². The normalized spacial score (nSPS) is 23.8. The van der Waals surface area contributed by atoms with Gasteiger partial charge in [-0.2, -0.15) is 5.10 Å². The Balaban J connectivity index is 1.15. The van der Waals surface area contributed by atoms with Gasteiger partial charge in [0.25, 0.3) is 0 Å². The number of methoxy groups -OCH3 is 1. The van der Waals surface area contributed by atoms with E-state index in [-0.39, 0.29) is 24.2 Å². The highest BCUT2D eigenvalue weighted by molar-refractivity contribution is 5.89. The molecule has 9 heteroatoms. The van der Waals surface area contributed by atoms with Crippen LogP contribution in [0.3, 0.4) is 0 Å². The zero-order valence-corrected chi connectivity index (χ0v) is 17.3. The molecule has 3 N–H and O–H groups in total. The van der Waals surface area contributed by atoms with E-state index >= 15 is 0 Å². The number of hydrogen-bond acceptors (Lipinski definition) is 8. The maximum Gasteiger partial charge on any atom is 0.220 e. The molecule has 9 nitrogen and oxygen atoms in total. The first-order chi connectivity index (χ1) is 15.2. The zero-order chi connectivity index (χ0) is 21.2. The predicted octanol–water partition coefficient (Wildman–Crippen LogP) is 2.03. The molecule has 4 heterocycles. The molecule has 0 bridgehead atoms. The Morgan fingerprint density at radius 1 is 1.29 bits per heavy atom. The Labute approximate surface area is 180 Å². The van der Waals surface area contributed by atoms with Crippen LogP contribution in [0.15, 0.2) is 64.6 Å². The fraction of sp³-hybridized carbons (Fsp3) is 0.364. The molecule has 3 unspecified atom stereocenters. The second-order valence-corrected chi connectivity index (χ2v) is 7.83. The number of ether oxygens (including phenoxy) is 1. The van der Waals surface area contributed by atoms with Crippen LogP contribution in [-0.2, 0) is 11.3 Å². The molecule has 1 aromatic heterocycles. The van der Waals surface area contributed by atoms with Gasteiger partial charge in [0.2, 0.25) is 5.91 Å². The van der Waals surface area contributed by atoms with Crippen LogP contribution in [0, 0.1) is 0 Å². The van der Waals surface area contributed by atoms with Crippen molar-refractivity contribution >= 4 is 11.7 Å². The maximum absolute atomic E-state index is 12.2. The molecule has 1 aromatic carbocycles. The Morgan fingerprint density at radius 2 is 2.16 bits per heavy atom. The summed E-state index contributed by atoms with van der Waals surface area (Å²) in [5.74, 6) is 2.45. The third-order valence-corrected chi connectivity index (χ3v) is 5.95. The van der Waals surface area contributed by atoms with E-state index in [1.165, 1.54) is 5.56 Å². The molecule has 1 saturated heterocycles. The first kappa shape index (κ1) is 19.5. The van der Waals surface area contributed by atoms with Crippen molar-refractivity contribution in [1.29, 1.82) is 0 Å². The molecule has 3 aliphatic rings. The van der Waals surface area contributed by atoms with E-state index in [2.05, 4.69) is 43.3 Å². The van der Waals surface area contributed by atoms with Gasteiger partial charge in [0.15, 0.2) is 0 Å². The molecule has 3 aliphatic heterocycles. The molecule has 3 atom stereocenters. The van der Waals surface area contributed by atoms with Crippen molar-refractivity contribution in [3.05, 3.63) is 66.4 Å². The van der Waals surface area contributed by atoms with Gasteiger partial charge in [-0.15, -0.1) is 0 Å². The molecule has 1 amide bonds. The Bertz CT molecular complexity index is 972. The monoisotopic (exact) mass is 422 g/mol. The van der Waals surface area contributed by atoms with Crippen LogP contribution in [-0.4, -0.2) is 41.0 Å². The number of carbonyl (C=O) groups excluding carboxylic acids is 1. The van der Waals surface area contributed by atoms with Gasteiger partial charge < -0.3 is 24.4 Å². The van der Waals surface area contributed by atoms with Gasteiger partial charge in [-0.3, -0.25) is 10.2 Å². The highest BCUT2D eigenvalue weighted by Gasteiger charge is 2.44. The van der Waals surface area contributed by atoms with Crippen LogP contribution in [0.4, 0.5) is 0 Å². The van der Waals surface area contributed by atoms with Crippen LogP contribution in [0.1, 0.15) is 36.6 Å². The van der Waals surface area contributed by atoms with Gasteiger partial charge in [0, 0.05) is 25.2 Å². The second-order valence-electron chi connectivity index (χ2n) is 7.83. The molecule has 2 aromatic rings. The minimum absolute atomic E-state index is 0.0210. The second kappa shape index (κ2) is 8.35. The van der Waals surface area contributed by atoms with Crippen molar-refractivity contribution in [1.82, 2.24) is 26.1 Å². The first-order valence-electron chi connectivity index (χ1n) is 10.5. The fourth-order valence-electron chi connectivity index (χ4n) is 4.28. The lowest BCUT2D eigenvalue weighted by Gasteiger charge is -2.37. The topological polar surface area (TPSA) is 94.4 Å². The van der Waals surface area contributed by atoms with Crippen molar-refractivity contribution in [3.63, 3.8) is 0 Å². The highest BCUT2D eigenvalue weighted by atomic mass is 16.5. The van der Waals surface area contributed by atoms with E-state index < -0.39 is 0 Å². The number of rotatable bonds is 7. The van der Waals surface area contributed by atoms with Crippen LogP contribution in [0.25, 0.3) is 0 Å². The predicted molar refractivity (Wildman–Crippen MR) is 114 cm³/mol. The van der Waals surface area contributed by atoms with Gasteiger partial charge >= 0.3 is 0 Å². The maximum atomic E-state index is 12.2. The number of amidine groups is 1. The quantitative estimate of drug-likeness (QED) is 0.629. The number of benzene rings is 1. The number of hydrazine groups is 1. The van der Waals surface area contributed by atoms with Crippen LogP contribution >= 0.6 is 0 Å². The lowest BCUT2D eigenvalue weighted by atomic mass is 9.99. The van der Waals surface area contributed by atoms with Gasteiger partial charge in [-0.25, -0.2) is 5.43 Å². The smallest absolute Gasteiger partial charge is 0.220 e. The lowest BCUT2D eigenvalue weighted by molar-refractivity contribution is -0.121. The van der Waals surface area contributed by atoms with E-state index in [0.717, 1.165) is 23.8 Å². The molecule has 31 heavy (non-hydrogen) atoms. The van der Waals surface area contributed by atoms with Gasteiger partial charge in [-0.1, -0.05) is 12.1 Å². The number of fused-ring (bicyclic) bond motifs is 3. The van der Waals surface area contributed by atoms with Crippen molar-refractivity contribution in [2.45, 2.75) is 44.1 Å². The molecular weight excluding hydrogens is 396 g/mol. The van der Waals surface area contributed by atoms with Gasteiger partial charge in [0.1, 0.15) is 23.5 Å². The third-order valence-electron chi connectivity index (χ3n) is 5.95. The molecule has 0 radical (unpaired) electrons. The van der Waals surface area contributed by atoms with E-state index in [1.807, 2.05) is 36.7 Å². The molecule has 0 aliphatic carbocycles.